The van der Waals surface area contributed by atoms with Gasteiger partial charge in [-0.2, -0.15) is 23.5 Å². The maximum atomic E-state index is 12.2. The maximum Gasteiger partial charge on any atom is 0.301 e. The molecule has 3 aromatic rings. The number of hydrogen-bond donors (Lipinski definition) is 2. The summed E-state index contributed by atoms with van der Waals surface area (Å²) in [5.41, 5.74) is 2.82. The molecule has 0 unspecified atom stereocenters. The van der Waals surface area contributed by atoms with E-state index in [4.69, 9.17) is 5.26 Å². The van der Waals surface area contributed by atoms with Gasteiger partial charge in [-0.25, -0.2) is 4.72 Å². The lowest BCUT2D eigenvalue weighted by Gasteiger charge is -2.08. The minimum atomic E-state index is -3.89. The number of fused-ring (bicyclic) bond motifs is 1. The summed E-state index contributed by atoms with van der Waals surface area (Å²) in [6.07, 6.45) is 6.62. The van der Waals surface area contributed by atoms with Gasteiger partial charge in [0.25, 0.3) is 5.91 Å². The SMILES string of the molecule is Cc1nn(C)c(-n2ccc3cc(C#N)ccc32)c1/C=C/C(=O)NS(=O)(=O)NCC1CC1. The number of aryl methyl sites for hydroxylation is 2. The molecule has 2 aromatic heterocycles. The molecule has 0 bridgehead atoms. The summed E-state index contributed by atoms with van der Waals surface area (Å²) >= 11 is 0. The Kier molecular flexibility index (Phi) is 5.39. The third-order valence-corrected chi connectivity index (χ3v) is 6.20. The highest BCUT2D eigenvalue weighted by molar-refractivity contribution is 7.88. The van der Waals surface area contributed by atoms with E-state index in [1.54, 1.807) is 29.9 Å². The van der Waals surface area contributed by atoms with Crippen molar-refractivity contribution in [1.82, 2.24) is 23.8 Å². The smallest absolute Gasteiger partial charge is 0.301 e. The number of carbonyl (C=O) groups excluding carboxylic acids is 1. The van der Waals surface area contributed by atoms with E-state index in [9.17, 15) is 13.2 Å². The molecule has 4 rings (SSSR count). The summed E-state index contributed by atoms with van der Waals surface area (Å²) in [5, 5.41) is 14.5. The largest absolute Gasteiger partial charge is 0.301 e. The average molecular weight is 439 g/mol. The van der Waals surface area contributed by atoms with Gasteiger partial charge in [0.15, 0.2) is 0 Å². The van der Waals surface area contributed by atoms with Crippen molar-refractivity contribution in [2.45, 2.75) is 19.8 Å². The molecule has 1 aliphatic carbocycles. The first-order valence-corrected chi connectivity index (χ1v) is 11.3. The van der Waals surface area contributed by atoms with Crippen molar-refractivity contribution in [3.8, 4) is 11.9 Å². The van der Waals surface area contributed by atoms with Gasteiger partial charge in [-0.3, -0.25) is 9.48 Å². The normalized spacial score (nSPS) is 14.2. The number of nitrogens with zero attached hydrogens (tertiary/aromatic N) is 4. The molecule has 0 atom stereocenters. The monoisotopic (exact) mass is 438 g/mol. The van der Waals surface area contributed by atoms with Crippen LogP contribution in [0.1, 0.15) is 29.7 Å². The summed E-state index contributed by atoms with van der Waals surface area (Å²) < 4.78 is 32.0. The molecule has 1 aromatic carbocycles. The van der Waals surface area contributed by atoms with Crippen LogP contribution in [0, 0.1) is 24.2 Å². The van der Waals surface area contributed by atoms with Gasteiger partial charge in [-0.1, -0.05) is 0 Å². The third kappa shape index (κ3) is 4.52. The molecule has 1 saturated carbocycles. The zero-order valence-corrected chi connectivity index (χ0v) is 18.0. The molecule has 31 heavy (non-hydrogen) atoms. The molecular weight excluding hydrogens is 416 g/mol. The fourth-order valence-electron chi connectivity index (χ4n) is 3.45. The standard InChI is InChI=1S/C21H22N6O3S/c1-14-18(6-8-20(28)25-31(29,30)23-13-15-3-4-15)21(26(2)24-14)27-10-9-17-11-16(12-22)5-7-19(17)27/h5-11,15,23H,3-4,13H2,1-2H3,(H,25,28)/b8-6+. The predicted molar refractivity (Wildman–Crippen MR) is 116 cm³/mol. The van der Waals surface area contributed by atoms with Gasteiger partial charge in [0, 0.05) is 36.8 Å². The zero-order chi connectivity index (χ0) is 22.2. The van der Waals surface area contributed by atoms with E-state index in [1.807, 2.05) is 34.5 Å². The Morgan fingerprint density at radius 3 is 2.84 bits per heavy atom. The summed E-state index contributed by atoms with van der Waals surface area (Å²) in [6.45, 7) is 2.15. The van der Waals surface area contributed by atoms with Gasteiger partial charge in [0.2, 0.25) is 0 Å². The van der Waals surface area contributed by atoms with Crippen LogP contribution in [0.4, 0.5) is 0 Å². The molecule has 1 aliphatic rings. The highest BCUT2D eigenvalue weighted by Crippen LogP contribution is 2.28. The van der Waals surface area contributed by atoms with Crippen LogP contribution in [-0.4, -0.2) is 35.2 Å². The van der Waals surface area contributed by atoms with Crippen LogP contribution in [0.3, 0.4) is 0 Å². The number of nitrogens with one attached hydrogen (secondary N) is 2. The molecule has 2 heterocycles. The highest BCUT2D eigenvalue weighted by atomic mass is 32.2. The van der Waals surface area contributed by atoms with Crippen LogP contribution >= 0.6 is 0 Å². The average Bonchev–Trinajstić information content (AvgIpc) is 3.40. The summed E-state index contributed by atoms with van der Waals surface area (Å²) in [5.74, 6) is 0.341. The topological polar surface area (TPSA) is 122 Å². The minimum Gasteiger partial charge on any atom is -0.301 e. The van der Waals surface area contributed by atoms with Crippen molar-refractivity contribution in [2.24, 2.45) is 13.0 Å². The Morgan fingerprint density at radius 2 is 2.13 bits per heavy atom. The lowest BCUT2D eigenvalue weighted by molar-refractivity contribution is -0.114. The second-order valence-electron chi connectivity index (χ2n) is 7.61. The Bertz CT molecular complexity index is 1340. The Hall–Kier alpha value is -3.42. The predicted octanol–water partition coefficient (Wildman–Crippen LogP) is 1.92. The van der Waals surface area contributed by atoms with Gasteiger partial charge in [0.05, 0.1) is 22.8 Å². The number of aromatic nitrogens is 3. The van der Waals surface area contributed by atoms with Crippen molar-refractivity contribution in [3.63, 3.8) is 0 Å². The second-order valence-corrected chi connectivity index (χ2v) is 9.11. The number of rotatable bonds is 7. The number of hydrogen-bond acceptors (Lipinski definition) is 5. The van der Waals surface area contributed by atoms with Crippen LogP contribution < -0.4 is 9.44 Å². The first kappa shape index (κ1) is 20.8. The fraction of sp³-hybridized carbons (Fsp3) is 0.286. The fourth-order valence-corrected chi connectivity index (χ4v) is 4.31. The zero-order valence-electron chi connectivity index (χ0n) is 17.2. The van der Waals surface area contributed by atoms with E-state index in [1.165, 1.54) is 6.08 Å². The van der Waals surface area contributed by atoms with Crippen LogP contribution in [0.25, 0.3) is 22.8 Å². The van der Waals surface area contributed by atoms with Gasteiger partial charge in [0.1, 0.15) is 5.82 Å². The van der Waals surface area contributed by atoms with Crippen molar-refractivity contribution >= 4 is 33.1 Å². The third-order valence-electron chi connectivity index (χ3n) is 5.18. The molecule has 10 heteroatoms. The molecule has 0 aliphatic heterocycles. The lowest BCUT2D eigenvalue weighted by atomic mass is 10.2. The number of carbonyl (C=O) groups is 1. The van der Waals surface area contributed by atoms with Crippen molar-refractivity contribution in [3.05, 3.63) is 53.4 Å². The summed E-state index contributed by atoms with van der Waals surface area (Å²) in [4.78, 5) is 12.2. The maximum absolute atomic E-state index is 12.2. The second kappa shape index (κ2) is 8.02. The van der Waals surface area contributed by atoms with Gasteiger partial charge >= 0.3 is 10.2 Å². The van der Waals surface area contributed by atoms with E-state index < -0.39 is 16.1 Å². The van der Waals surface area contributed by atoms with Gasteiger partial charge in [-0.05, 0) is 56.0 Å². The van der Waals surface area contributed by atoms with E-state index in [-0.39, 0.29) is 0 Å². The molecule has 0 radical (unpaired) electrons. The first-order chi connectivity index (χ1) is 14.8. The lowest BCUT2D eigenvalue weighted by Crippen LogP contribution is -2.40. The highest BCUT2D eigenvalue weighted by Gasteiger charge is 2.24. The Labute approximate surface area is 180 Å². The van der Waals surface area contributed by atoms with Crippen LogP contribution in [0.2, 0.25) is 0 Å². The quantitative estimate of drug-likeness (QED) is 0.546. The van der Waals surface area contributed by atoms with E-state index in [2.05, 4.69) is 15.9 Å². The number of amides is 1. The molecular formula is C21H22N6O3S. The molecule has 0 spiro atoms. The number of nitriles is 1. The molecule has 160 valence electrons. The number of benzene rings is 1. The van der Waals surface area contributed by atoms with Crippen molar-refractivity contribution in [1.29, 1.82) is 5.26 Å². The minimum absolute atomic E-state index is 0.340. The Balaban J connectivity index is 1.60. The molecule has 1 fully saturated rings. The Morgan fingerprint density at radius 1 is 1.35 bits per heavy atom. The van der Waals surface area contributed by atoms with E-state index in [0.29, 0.717) is 29.3 Å². The first-order valence-electron chi connectivity index (χ1n) is 9.82. The van der Waals surface area contributed by atoms with Crippen LogP contribution in [0.5, 0.6) is 0 Å². The molecule has 9 nitrogen and oxygen atoms in total. The van der Waals surface area contributed by atoms with Crippen molar-refractivity contribution < 1.29 is 13.2 Å². The van der Waals surface area contributed by atoms with Gasteiger partial charge < -0.3 is 4.57 Å². The van der Waals surface area contributed by atoms with E-state index >= 15 is 0 Å². The van der Waals surface area contributed by atoms with Crippen molar-refractivity contribution in [2.75, 3.05) is 6.54 Å². The van der Waals surface area contributed by atoms with Crippen LogP contribution in [-0.2, 0) is 22.1 Å². The van der Waals surface area contributed by atoms with Crippen LogP contribution in [0.15, 0.2) is 36.5 Å². The summed E-state index contributed by atoms with van der Waals surface area (Å²) in [6, 6.07) is 9.43. The molecule has 2 N–H and O–H groups in total. The van der Waals surface area contributed by atoms with Gasteiger partial charge in [-0.15, -0.1) is 0 Å². The van der Waals surface area contributed by atoms with E-state index in [0.717, 1.165) is 29.6 Å². The molecule has 0 saturated heterocycles. The summed E-state index contributed by atoms with van der Waals surface area (Å²) in [7, 11) is -2.09. The molecule has 1 amide bonds.